The number of hydrogen-bond acceptors (Lipinski definition) is 6. The maximum absolute atomic E-state index is 12.4. The topological polar surface area (TPSA) is 142 Å². The molecule has 0 unspecified atom stereocenters. The molecule has 136 valence electrons. The van der Waals surface area contributed by atoms with Crippen LogP contribution in [0.5, 0.6) is 0 Å². The molecule has 2 aromatic rings. The second-order valence-corrected chi connectivity index (χ2v) is 6.52. The molecule has 0 bridgehead atoms. The summed E-state index contributed by atoms with van der Waals surface area (Å²) in [6.07, 6.45) is 2.93. The molecule has 1 aromatic heterocycles. The minimum absolute atomic E-state index is 0.00801. The number of rotatable bonds is 5. The fourth-order valence-electron chi connectivity index (χ4n) is 3.14. The second-order valence-electron chi connectivity index (χ2n) is 6.52. The van der Waals surface area contributed by atoms with Crippen LogP contribution in [0.2, 0.25) is 0 Å². The number of aromatic nitrogens is 3. The Morgan fingerprint density at radius 3 is 2.89 bits per heavy atom. The van der Waals surface area contributed by atoms with Crippen LogP contribution in [0.3, 0.4) is 0 Å². The van der Waals surface area contributed by atoms with E-state index in [4.69, 9.17) is 5.26 Å². The number of amides is 4. The van der Waals surface area contributed by atoms with E-state index in [1.807, 2.05) is 6.07 Å². The van der Waals surface area contributed by atoms with Crippen molar-refractivity contribution < 1.29 is 14.4 Å². The number of nitrogens with one attached hydrogen (secondary N) is 3. The van der Waals surface area contributed by atoms with Crippen LogP contribution in [0.4, 0.5) is 4.79 Å². The summed E-state index contributed by atoms with van der Waals surface area (Å²) < 4.78 is 0. The highest BCUT2D eigenvalue weighted by Crippen LogP contribution is 2.41. The lowest BCUT2D eigenvalue weighted by Crippen LogP contribution is -2.57. The number of nitriles is 1. The van der Waals surface area contributed by atoms with E-state index in [9.17, 15) is 14.4 Å². The van der Waals surface area contributed by atoms with Crippen LogP contribution in [-0.4, -0.2) is 44.9 Å². The lowest BCUT2D eigenvalue weighted by Gasteiger charge is -2.25. The zero-order chi connectivity index (χ0) is 19.0. The molecule has 1 saturated carbocycles. The summed E-state index contributed by atoms with van der Waals surface area (Å²) in [7, 11) is 0. The highest BCUT2D eigenvalue weighted by molar-refractivity contribution is 6.08. The molecule has 4 amide bonds. The average Bonchev–Trinajstić information content (AvgIpc) is 3.33. The minimum Gasteiger partial charge on any atom is -0.348 e. The third kappa shape index (κ3) is 2.99. The van der Waals surface area contributed by atoms with E-state index in [1.165, 1.54) is 11.0 Å². The number of carbonyl (C=O) groups excluding carboxylic acids is 3. The summed E-state index contributed by atoms with van der Waals surface area (Å²) in [5.41, 5.74) is -0.0488. The molecule has 1 saturated heterocycles. The number of hydrogen-bond donors (Lipinski definition) is 3. The van der Waals surface area contributed by atoms with Gasteiger partial charge in [0.25, 0.3) is 11.8 Å². The summed E-state index contributed by atoms with van der Waals surface area (Å²) in [5, 5.41) is 24.7. The number of imide groups is 1. The normalized spacial score (nSPS) is 21.3. The monoisotopic (exact) mass is 365 g/mol. The summed E-state index contributed by atoms with van der Waals surface area (Å²) >= 11 is 0. The van der Waals surface area contributed by atoms with Gasteiger partial charge in [-0.3, -0.25) is 14.9 Å². The van der Waals surface area contributed by atoms with E-state index >= 15 is 0 Å². The van der Waals surface area contributed by atoms with Crippen molar-refractivity contribution in [3.05, 3.63) is 41.7 Å². The molecule has 1 aliphatic carbocycles. The Balaban J connectivity index is 1.48. The van der Waals surface area contributed by atoms with Gasteiger partial charge in [0.05, 0.1) is 30.1 Å². The van der Waals surface area contributed by atoms with Gasteiger partial charge in [-0.05, 0) is 37.0 Å². The molecule has 0 spiro atoms. The van der Waals surface area contributed by atoms with Gasteiger partial charge in [0.15, 0.2) is 5.69 Å². The van der Waals surface area contributed by atoms with Crippen molar-refractivity contribution in [1.82, 2.24) is 30.9 Å². The Kier molecular flexibility index (Phi) is 3.84. The lowest BCUT2D eigenvalue weighted by molar-refractivity contribution is -0.124. The maximum Gasteiger partial charge on any atom is 0.322 e. The molecule has 0 radical (unpaired) electrons. The molecule has 1 aromatic carbocycles. The number of benzene rings is 1. The first-order valence-electron chi connectivity index (χ1n) is 8.36. The van der Waals surface area contributed by atoms with Crippen LogP contribution in [0, 0.1) is 17.2 Å². The highest BCUT2D eigenvalue weighted by atomic mass is 16.2. The van der Waals surface area contributed by atoms with Crippen molar-refractivity contribution in [2.24, 2.45) is 5.92 Å². The van der Waals surface area contributed by atoms with Crippen LogP contribution in [0.1, 0.15) is 28.9 Å². The molecular formula is C17H15N7O3. The Morgan fingerprint density at radius 1 is 1.41 bits per heavy atom. The number of nitrogens with zero attached hydrogens (tertiary/aromatic N) is 4. The molecular weight excluding hydrogens is 350 g/mol. The molecule has 2 heterocycles. The lowest BCUT2D eigenvalue weighted by atomic mass is 9.93. The van der Waals surface area contributed by atoms with Crippen molar-refractivity contribution >= 4 is 17.8 Å². The molecule has 3 N–H and O–H groups in total. The molecule has 4 rings (SSSR count). The molecule has 2 fully saturated rings. The Hall–Kier alpha value is -3.74. The van der Waals surface area contributed by atoms with Crippen LogP contribution < -0.4 is 16.0 Å². The Labute approximate surface area is 153 Å². The highest BCUT2D eigenvalue weighted by Gasteiger charge is 2.56. The van der Waals surface area contributed by atoms with Crippen molar-refractivity contribution in [3.8, 4) is 11.8 Å². The van der Waals surface area contributed by atoms with Gasteiger partial charge in [0.2, 0.25) is 0 Å². The fraction of sp³-hybridized carbons (Fsp3) is 0.294. The first kappa shape index (κ1) is 16.7. The predicted octanol–water partition coefficient (Wildman–Crippen LogP) is -0.143. The van der Waals surface area contributed by atoms with Gasteiger partial charge >= 0.3 is 6.03 Å². The average molecular weight is 365 g/mol. The van der Waals surface area contributed by atoms with Crippen molar-refractivity contribution in [2.75, 3.05) is 6.54 Å². The van der Waals surface area contributed by atoms with E-state index in [2.05, 4.69) is 26.1 Å². The maximum atomic E-state index is 12.4. The van der Waals surface area contributed by atoms with Crippen LogP contribution in [-0.2, 0) is 4.79 Å². The standard InChI is InChI=1S/C17H15N7O3/c18-7-10-2-1-3-12(6-10)24-20-8-13(23-24)14(25)19-9-17(11-4-5-11)15(26)21-16(27)22-17/h1-3,6,8,11H,4-5,9H2,(H,19,25)(H2,21,22,26,27)/t17-/m0/s1. The summed E-state index contributed by atoms with van der Waals surface area (Å²) in [6, 6.07) is 8.13. The van der Waals surface area contributed by atoms with Gasteiger partial charge in [-0.1, -0.05) is 6.07 Å². The Bertz CT molecular complexity index is 988. The van der Waals surface area contributed by atoms with E-state index in [-0.39, 0.29) is 18.2 Å². The smallest absolute Gasteiger partial charge is 0.322 e. The second kappa shape index (κ2) is 6.21. The van der Waals surface area contributed by atoms with E-state index < -0.39 is 23.4 Å². The molecule has 1 aliphatic heterocycles. The molecule has 10 heteroatoms. The molecule has 2 aliphatic rings. The number of urea groups is 1. The van der Waals surface area contributed by atoms with Crippen molar-refractivity contribution in [3.63, 3.8) is 0 Å². The van der Waals surface area contributed by atoms with Gasteiger partial charge in [-0.2, -0.15) is 15.2 Å². The van der Waals surface area contributed by atoms with Crippen LogP contribution >= 0.6 is 0 Å². The zero-order valence-electron chi connectivity index (χ0n) is 14.1. The fourth-order valence-corrected chi connectivity index (χ4v) is 3.14. The van der Waals surface area contributed by atoms with Gasteiger partial charge in [-0.15, -0.1) is 5.10 Å². The van der Waals surface area contributed by atoms with Crippen LogP contribution in [0.15, 0.2) is 30.5 Å². The summed E-state index contributed by atoms with van der Waals surface area (Å²) in [4.78, 5) is 37.4. The van der Waals surface area contributed by atoms with Crippen molar-refractivity contribution in [1.29, 1.82) is 5.26 Å². The Morgan fingerprint density at radius 2 is 2.22 bits per heavy atom. The molecule has 10 nitrogen and oxygen atoms in total. The minimum atomic E-state index is -1.11. The predicted molar refractivity (Wildman–Crippen MR) is 90.5 cm³/mol. The summed E-state index contributed by atoms with van der Waals surface area (Å²) in [6.45, 7) is -0.0230. The van der Waals surface area contributed by atoms with E-state index in [0.717, 1.165) is 12.8 Å². The SMILES string of the molecule is N#Cc1cccc(-n2ncc(C(=O)NC[C@@]3(C4CC4)NC(=O)NC3=O)n2)c1. The zero-order valence-corrected chi connectivity index (χ0v) is 14.1. The van der Waals surface area contributed by atoms with Gasteiger partial charge in [-0.25, -0.2) is 4.79 Å². The number of carbonyl (C=O) groups is 3. The largest absolute Gasteiger partial charge is 0.348 e. The van der Waals surface area contributed by atoms with Gasteiger partial charge in [0, 0.05) is 0 Å². The van der Waals surface area contributed by atoms with E-state index in [1.54, 1.807) is 24.3 Å². The molecule has 27 heavy (non-hydrogen) atoms. The van der Waals surface area contributed by atoms with Crippen LogP contribution in [0.25, 0.3) is 5.69 Å². The molecule has 1 atom stereocenters. The van der Waals surface area contributed by atoms with Crippen molar-refractivity contribution in [2.45, 2.75) is 18.4 Å². The first-order valence-corrected chi connectivity index (χ1v) is 8.36. The first-order chi connectivity index (χ1) is 13.0. The van der Waals surface area contributed by atoms with E-state index in [0.29, 0.717) is 11.3 Å². The summed E-state index contributed by atoms with van der Waals surface area (Å²) in [5.74, 6) is -0.924. The third-order valence-electron chi connectivity index (χ3n) is 4.70. The third-order valence-corrected chi connectivity index (χ3v) is 4.70. The quantitative estimate of drug-likeness (QED) is 0.630. The van der Waals surface area contributed by atoms with Gasteiger partial charge < -0.3 is 10.6 Å². The van der Waals surface area contributed by atoms with Gasteiger partial charge in [0.1, 0.15) is 5.54 Å².